The van der Waals surface area contributed by atoms with Crippen LogP contribution in [0.5, 0.6) is 5.75 Å². The minimum absolute atomic E-state index is 0.0323. The van der Waals surface area contributed by atoms with Crippen molar-refractivity contribution in [3.63, 3.8) is 0 Å². The fourth-order valence-electron chi connectivity index (χ4n) is 4.94. The van der Waals surface area contributed by atoms with Gasteiger partial charge in [-0.3, -0.25) is 14.5 Å². The molecule has 2 aliphatic heterocycles. The summed E-state index contributed by atoms with van der Waals surface area (Å²) in [5, 5.41) is 11.2. The molecule has 0 bridgehead atoms. The van der Waals surface area contributed by atoms with Crippen LogP contribution in [0.15, 0.2) is 76.9 Å². The van der Waals surface area contributed by atoms with E-state index in [0.717, 1.165) is 30.8 Å². The zero-order chi connectivity index (χ0) is 26.5. The highest BCUT2D eigenvalue weighted by Gasteiger charge is 2.47. The zero-order valence-corrected chi connectivity index (χ0v) is 21.5. The molecule has 0 aliphatic carbocycles. The molecule has 0 saturated carbocycles. The van der Waals surface area contributed by atoms with Crippen LogP contribution in [0.25, 0.3) is 5.76 Å². The van der Waals surface area contributed by atoms with E-state index in [0.29, 0.717) is 49.9 Å². The lowest BCUT2D eigenvalue weighted by Gasteiger charge is -2.28. The summed E-state index contributed by atoms with van der Waals surface area (Å²) in [6.45, 7) is 6.73. The maximum absolute atomic E-state index is 13.2. The van der Waals surface area contributed by atoms with Crippen LogP contribution in [-0.4, -0.2) is 66.0 Å². The molecule has 1 aromatic heterocycles. The first kappa shape index (κ1) is 25.8. The third-order valence-corrected chi connectivity index (χ3v) is 7.11. The van der Waals surface area contributed by atoms with Crippen molar-refractivity contribution < 1.29 is 28.6 Å². The second-order valence-electron chi connectivity index (χ2n) is 9.56. The van der Waals surface area contributed by atoms with E-state index in [9.17, 15) is 14.7 Å². The van der Waals surface area contributed by atoms with Crippen molar-refractivity contribution >= 4 is 17.4 Å². The highest BCUT2D eigenvalue weighted by Crippen LogP contribution is 2.39. The molecule has 8 nitrogen and oxygen atoms in total. The Morgan fingerprint density at radius 3 is 2.47 bits per heavy atom. The van der Waals surface area contributed by atoms with Crippen LogP contribution in [0.4, 0.5) is 0 Å². The molecule has 0 radical (unpaired) electrons. The first-order valence-corrected chi connectivity index (χ1v) is 12.9. The largest absolute Gasteiger partial charge is 0.507 e. The number of furan rings is 1. The van der Waals surface area contributed by atoms with E-state index < -0.39 is 17.7 Å². The molecular weight excluding hydrogens is 484 g/mol. The summed E-state index contributed by atoms with van der Waals surface area (Å²) in [4.78, 5) is 30.0. The Morgan fingerprint density at radius 2 is 1.76 bits per heavy atom. The SMILES string of the molecule is Cc1ccccc1COc1ccc(C(O)=C2C(=O)C(=O)N(CCCN3CCOCC3)[C@H]2c2ccco2)cc1. The molecule has 1 N–H and O–H groups in total. The number of likely N-dealkylation sites (tertiary alicyclic amines) is 1. The van der Waals surface area contributed by atoms with Gasteiger partial charge in [0, 0.05) is 31.7 Å². The summed E-state index contributed by atoms with van der Waals surface area (Å²) < 4.78 is 16.9. The smallest absolute Gasteiger partial charge is 0.295 e. The van der Waals surface area contributed by atoms with E-state index in [2.05, 4.69) is 4.90 Å². The Kier molecular flexibility index (Phi) is 7.91. The topological polar surface area (TPSA) is 92.5 Å². The van der Waals surface area contributed by atoms with Crippen LogP contribution < -0.4 is 4.74 Å². The van der Waals surface area contributed by atoms with Gasteiger partial charge in [0.25, 0.3) is 11.7 Å². The molecule has 8 heteroatoms. The van der Waals surface area contributed by atoms with E-state index in [1.165, 1.54) is 11.2 Å². The van der Waals surface area contributed by atoms with Gasteiger partial charge in [-0.15, -0.1) is 0 Å². The molecule has 5 rings (SSSR count). The molecule has 2 saturated heterocycles. The first-order valence-electron chi connectivity index (χ1n) is 12.9. The van der Waals surface area contributed by atoms with Crippen LogP contribution in [0.1, 0.15) is 34.9 Å². The second-order valence-corrected chi connectivity index (χ2v) is 9.56. The third-order valence-electron chi connectivity index (χ3n) is 7.11. The van der Waals surface area contributed by atoms with Crippen molar-refractivity contribution in [1.82, 2.24) is 9.80 Å². The minimum Gasteiger partial charge on any atom is -0.507 e. The van der Waals surface area contributed by atoms with E-state index in [4.69, 9.17) is 13.9 Å². The minimum atomic E-state index is -0.785. The molecule has 1 atom stereocenters. The highest BCUT2D eigenvalue weighted by molar-refractivity contribution is 6.46. The maximum Gasteiger partial charge on any atom is 0.295 e. The number of aliphatic hydroxyl groups is 1. The van der Waals surface area contributed by atoms with Crippen LogP contribution in [0.2, 0.25) is 0 Å². The molecular formula is C30H32N2O6. The molecule has 3 aromatic rings. The molecule has 2 aromatic carbocycles. The summed E-state index contributed by atoms with van der Waals surface area (Å²) in [6.07, 6.45) is 2.20. The predicted molar refractivity (Wildman–Crippen MR) is 142 cm³/mol. The summed E-state index contributed by atoms with van der Waals surface area (Å²) in [5.74, 6) is -0.500. The standard InChI is InChI=1S/C30H32N2O6/c1-21-6-2-3-7-23(21)20-38-24-11-9-22(10-12-24)28(33)26-27(25-8-4-17-37-25)32(30(35)29(26)34)14-5-13-31-15-18-36-19-16-31/h2-4,6-12,17,27,33H,5,13-16,18-20H2,1H3/t27-/m0/s1. The lowest BCUT2D eigenvalue weighted by Crippen LogP contribution is -2.38. The van der Waals surface area contributed by atoms with Gasteiger partial charge in [-0.25, -0.2) is 0 Å². The summed E-state index contributed by atoms with van der Waals surface area (Å²) in [5.41, 5.74) is 2.70. The van der Waals surface area contributed by atoms with Crippen LogP contribution in [0, 0.1) is 6.92 Å². The Bertz CT molecular complexity index is 1290. The van der Waals surface area contributed by atoms with Crippen molar-refractivity contribution in [2.45, 2.75) is 26.0 Å². The number of benzene rings is 2. The number of hydrogen-bond donors (Lipinski definition) is 1. The van der Waals surface area contributed by atoms with Crippen LogP contribution >= 0.6 is 0 Å². The van der Waals surface area contributed by atoms with Gasteiger partial charge in [0.1, 0.15) is 29.9 Å². The number of rotatable bonds is 9. The van der Waals surface area contributed by atoms with Crippen molar-refractivity contribution in [3.05, 3.63) is 95.0 Å². The van der Waals surface area contributed by atoms with E-state index >= 15 is 0 Å². The van der Waals surface area contributed by atoms with Crippen molar-refractivity contribution in [2.75, 3.05) is 39.4 Å². The van der Waals surface area contributed by atoms with E-state index in [1.807, 2.05) is 31.2 Å². The quantitative estimate of drug-likeness (QED) is 0.257. The molecule has 198 valence electrons. The number of hydrogen-bond acceptors (Lipinski definition) is 7. The lowest BCUT2D eigenvalue weighted by molar-refractivity contribution is -0.140. The monoisotopic (exact) mass is 516 g/mol. The number of ketones is 1. The van der Waals surface area contributed by atoms with Crippen LogP contribution in [-0.2, 0) is 20.9 Å². The summed E-state index contributed by atoms with van der Waals surface area (Å²) in [7, 11) is 0. The fourth-order valence-corrected chi connectivity index (χ4v) is 4.94. The van der Waals surface area contributed by atoms with E-state index in [1.54, 1.807) is 36.4 Å². The number of ether oxygens (including phenoxy) is 2. The van der Waals surface area contributed by atoms with Gasteiger partial charge in [-0.1, -0.05) is 24.3 Å². The van der Waals surface area contributed by atoms with Gasteiger partial charge in [0.2, 0.25) is 0 Å². The third kappa shape index (κ3) is 5.51. The van der Waals surface area contributed by atoms with Gasteiger partial charge in [0.15, 0.2) is 0 Å². The summed E-state index contributed by atoms with van der Waals surface area (Å²) in [6, 6.07) is 17.5. The Labute approximate surface area is 222 Å². The maximum atomic E-state index is 13.2. The van der Waals surface area contributed by atoms with Crippen molar-refractivity contribution in [3.8, 4) is 5.75 Å². The molecule has 2 fully saturated rings. The molecule has 0 unspecified atom stereocenters. The number of aryl methyl sites for hydroxylation is 1. The molecule has 1 amide bonds. The van der Waals surface area contributed by atoms with Crippen molar-refractivity contribution in [1.29, 1.82) is 0 Å². The number of aliphatic hydroxyl groups excluding tert-OH is 1. The Balaban J connectivity index is 1.34. The normalized spacial score (nSPS) is 19.7. The average molecular weight is 517 g/mol. The van der Waals surface area contributed by atoms with Crippen molar-refractivity contribution in [2.24, 2.45) is 0 Å². The second kappa shape index (κ2) is 11.7. The molecule has 0 spiro atoms. The number of carbonyl (C=O) groups excluding carboxylic acids is 2. The van der Waals surface area contributed by atoms with Gasteiger partial charge in [-0.2, -0.15) is 0 Å². The van der Waals surface area contributed by atoms with Crippen LogP contribution in [0.3, 0.4) is 0 Å². The predicted octanol–water partition coefficient (Wildman–Crippen LogP) is 4.31. The molecule has 3 heterocycles. The van der Waals surface area contributed by atoms with Gasteiger partial charge >= 0.3 is 0 Å². The Morgan fingerprint density at radius 1 is 1.00 bits per heavy atom. The van der Waals surface area contributed by atoms with E-state index in [-0.39, 0.29) is 11.3 Å². The zero-order valence-electron chi connectivity index (χ0n) is 21.5. The number of amides is 1. The van der Waals surface area contributed by atoms with Gasteiger partial charge < -0.3 is 23.9 Å². The Hall–Kier alpha value is -3.88. The first-order chi connectivity index (χ1) is 18.5. The molecule has 38 heavy (non-hydrogen) atoms. The summed E-state index contributed by atoms with van der Waals surface area (Å²) >= 11 is 0. The lowest BCUT2D eigenvalue weighted by atomic mass is 9.99. The number of Topliss-reactive ketones (excluding diaryl/α,β-unsaturated/α-hetero) is 1. The number of morpholine rings is 1. The van der Waals surface area contributed by atoms with Gasteiger partial charge in [0.05, 0.1) is 25.1 Å². The highest BCUT2D eigenvalue weighted by atomic mass is 16.5. The fraction of sp³-hybridized carbons (Fsp3) is 0.333. The van der Waals surface area contributed by atoms with Gasteiger partial charge in [-0.05, 0) is 60.9 Å². The number of carbonyl (C=O) groups is 2. The number of nitrogens with zero attached hydrogens (tertiary/aromatic N) is 2. The average Bonchev–Trinajstić information content (AvgIpc) is 3.56. The molecule has 2 aliphatic rings.